The zero-order chi connectivity index (χ0) is 18.8. The highest BCUT2D eigenvalue weighted by molar-refractivity contribution is 5.97. The Morgan fingerprint density at radius 1 is 0.885 bits per heavy atom. The number of amides is 2. The van der Waals surface area contributed by atoms with E-state index in [1.165, 1.54) is 0 Å². The van der Waals surface area contributed by atoms with Crippen molar-refractivity contribution in [3.8, 4) is 0 Å². The Morgan fingerprint density at radius 2 is 1.42 bits per heavy atom. The van der Waals surface area contributed by atoms with Crippen molar-refractivity contribution in [1.29, 1.82) is 0 Å². The molecule has 2 rings (SSSR count). The molecule has 0 aliphatic rings. The number of carbonyl (C=O) groups is 3. The predicted octanol–water partition coefficient (Wildman–Crippen LogP) is 2.17. The van der Waals surface area contributed by atoms with Crippen LogP contribution in [0, 0.1) is 0 Å². The molecule has 0 heterocycles. The largest absolute Gasteiger partial charge is 0.464 e. The van der Waals surface area contributed by atoms with Crippen LogP contribution in [0.1, 0.15) is 34.1 Å². The number of benzene rings is 2. The van der Waals surface area contributed by atoms with E-state index >= 15 is 0 Å². The second-order valence-corrected chi connectivity index (χ2v) is 5.55. The van der Waals surface area contributed by atoms with Crippen molar-refractivity contribution in [2.24, 2.45) is 0 Å². The first-order chi connectivity index (χ1) is 12.6. The Hall–Kier alpha value is -3.15. The van der Waals surface area contributed by atoms with Crippen LogP contribution in [0.2, 0.25) is 0 Å². The third-order valence-electron chi connectivity index (χ3n) is 3.67. The number of hydrogen-bond acceptors (Lipinski definition) is 4. The monoisotopic (exact) mass is 354 g/mol. The lowest BCUT2D eigenvalue weighted by atomic mass is 10.1. The fourth-order valence-corrected chi connectivity index (χ4v) is 2.34. The molecule has 0 radical (unpaired) electrons. The Labute approximate surface area is 152 Å². The lowest BCUT2D eigenvalue weighted by molar-refractivity contribution is -0.145. The van der Waals surface area contributed by atoms with Gasteiger partial charge in [0.1, 0.15) is 6.04 Å². The van der Waals surface area contributed by atoms with E-state index in [4.69, 9.17) is 4.74 Å². The highest BCUT2D eigenvalue weighted by Gasteiger charge is 2.22. The topological polar surface area (TPSA) is 84.5 Å². The van der Waals surface area contributed by atoms with Crippen molar-refractivity contribution in [3.63, 3.8) is 0 Å². The minimum Gasteiger partial charge on any atom is -0.464 e. The SMILES string of the molecule is CCOC(=O)[C@H](CCNC(=O)c1ccccc1)NC(=O)c1ccccc1. The molecule has 0 saturated heterocycles. The Balaban J connectivity index is 1.93. The van der Waals surface area contributed by atoms with Gasteiger partial charge in [-0.1, -0.05) is 36.4 Å². The fourth-order valence-electron chi connectivity index (χ4n) is 2.34. The Bertz CT molecular complexity index is 732. The van der Waals surface area contributed by atoms with E-state index in [0.29, 0.717) is 11.1 Å². The number of nitrogens with one attached hydrogen (secondary N) is 2. The van der Waals surface area contributed by atoms with E-state index in [1.54, 1.807) is 61.5 Å². The van der Waals surface area contributed by atoms with Crippen LogP contribution in [-0.2, 0) is 9.53 Å². The first kappa shape index (κ1) is 19.2. The van der Waals surface area contributed by atoms with E-state index in [-0.39, 0.29) is 31.4 Å². The highest BCUT2D eigenvalue weighted by atomic mass is 16.5. The number of ether oxygens (including phenoxy) is 1. The molecule has 6 nitrogen and oxygen atoms in total. The van der Waals surface area contributed by atoms with Crippen LogP contribution in [-0.4, -0.2) is 37.0 Å². The zero-order valence-corrected chi connectivity index (χ0v) is 14.6. The predicted molar refractivity (Wildman–Crippen MR) is 97.7 cm³/mol. The first-order valence-corrected chi connectivity index (χ1v) is 8.47. The Morgan fingerprint density at radius 3 is 1.96 bits per heavy atom. The molecule has 26 heavy (non-hydrogen) atoms. The standard InChI is InChI=1S/C20H22N2O4/c1-2-26-20(25)17(22-19(24)16-11-7-4-8-12-16)13-14-21-18(23)15-9-5-3-6-10-15/h3-12,17H,2,13-14H2,1H3,(H,21,23)(H,22,24)/t17-/m0/s1. The molecule has 1 atom stereocenters. The van der Waals surface area contributed by atoms with Crippen molar-refractivity contribution in [1.82, 2.24) is 10.6 Å². The van der Waals surface area contributed by atoms with Gasteiger partial charge in [-0.2, -0.15) is 0 Å². The maximum atomic E-state index is 12.3. The summed E-state index contributed by atoms with van der Waals surface area (Å²) >= 11 is 0. The summed E-state index contributed by atoms with van der Waals surface area (Å²) in [5, 5.41) is 5.41. The number of esters is 1. The number of rotatable bonds is 8. The third kappa shape index (κ3) is 5.73. The first-order valence-electron chi connectivity index (χ1n) is 8.47. The summed E-state index contributed by atoms with van der Waals surface area (Å²) in [6.45, 7) is 2.14. The van der Waals surface area contributed by atoms with Crippen LogP contribution in [0.25, 0.3) is 0 Å². The molecule has 0 aliphatic heterocycles. The van der Waals surface area contributed by atoms with Gasteiger partial charge >= 0.3 is 5.97 Å². The zero-order valence-electron chi connectivity index (χ0n) is 14.6. The maximum absolute atomic E-state index is 12.3. The van der Waals surface area contributed by atoms with E-state index in [2.05, 4.69) is 10.6 Å². The van der Waals surface area contributed by atoms with E-state index in [1.807, 2.05) is 6.07 Å². The van der Waals surface area contributed by atoms with E-state index < -0.39 is 12.0 Å². The molecule has 0 saturated carbocycles. The van der Waals surface area contributed by atoms with Gasteiger partial charge in [0.15, 0.2) is 0 Å². The molecule has 2 aromatic carbocycles. The third-order valence-corrected chi connectivity index (χ3v) is 3.67. The average Bonchev–Trinajstić information content (AvgIpc) is 2.68. The molecule has 0 bridgehead atoms. The maximum Gasteiger partial charge on any atom is 0.328 e. The molecule has 2 N–H and O–H groups in total. The fraction of sp³-hybridized carbons (Fsp3) is 0.250. The minimum absolute atomic E-state index is 0.215. The molecule has 6 heteroatoms. The molecule has 136 valence electrons. The minimum atomic E-state index is -0.835. The summed E-state index contributed by atoms with van der Waals surface area (Å²) in [7, 11) is 0. The van der Waals surface area contributed by atoms with Gasteiger partial charge in [-0.3, -0.25) is 9.59 Å². The molecule has 0 aromatic heterocycles. The molecule has 0 unspecified atom stereocenters. The van der Waals surface area contributed by atoms with Crippen LogP contribution < -0.4 is 10.6 Å². The van der Waals surface area contributed by atoms with Crippen molar-refractivity contribution < 1.29 is 19.1 Å². The molecule has 2 amide bonds. The second kappa shape index (κ2) is 9.98. The van der Waals surface area contributed by atoms with Crippen LogP contribution >= 0.6 is 0 Å². The average molecular weight is 354 g/mol. The lowest BCUT2D eigenvalue weighted by Gasteiger charge is -2.17. The summed E-state index contributed by atoms with van der Waals surface area (Å²) < 4.78 is 5.02. The van der Waals surface area contributed by atoms with Gasteiger partial charge in [0.25, 0.3) is 11.8 Å². The van der Waals surface area contributed by atoms with Crippen LogP contribution in [0.3, 0.4) is 0 Å². The molecule has 0 aliphatic carbocycles. The molecular weight excluding hydrogens is 332 g/mol. The Kier molecular flexibility index (Phi) is 7.36. The van der Waals surface area contributed by atoms with Gasteiger partial charge in [-0.05, 0) is 37.6 Å². The summed E-state index contributed by atoms with van der Waals surface area (Å²) in [6.07, 6.45) is 0.232. The quantitative estimate of drug-likeness (QED) is 0.712. The van der Waals surface area contributed by atoms with Crippen LogP contribution in [0.4, 0.5) is 0 Å². The molecule has 0 fully saturated rings. The van der Waals surface area contributed by atoms with Gasteiger partial charge in [-0.25, -0.2) is 4.79 Å². The van der Waals surface area contributed by atoms with Gasteiger partial charge in [0, 0.05) is 17.7 Å². The number of carbonyl (C=O) groups excluding carboxylic acids is 3. The summed E-state index contributed by atoms with van der Waals surface area (Å²) in [5.41, 5.74) is 0.989. The van der Waals surface area contributed by atoms with Gasteiger partial charge in [0.2, 0.25) is 0 Å². The molecule has 2 aromatic rings. The summed E-state index contributed by atoms with van der Waals surface area (Å²) in [6, 6.07) is 16.6. The van der Waals surface area contributed by atoms with Crippen molar-refractivity contribution in [3.05, 3.63) is 71.8 Å². The van der Waals surface area contributed by atoms with Crippen molar-refractivity contribution in [2.45, 2.75) is 19.4 Å². The molecule has 0 spiro atoms. The smallest absolute Gasteiger partial charge is 0.328 e. The lowest BCUT2D eigenvalue weighted by Crippen LogP contribution is -2.44. The van der Waals surface area contributed by atoms with Gasteiger partial charge < -0.3 is 15.4 Å². The summed E-state index contributed by atoms with van der Waals surface area (Å²) in [4.78, 5) is 36.4. The molecular formula is C20H22N2O4. The van der Waals surface area contributed by atoms with E-state index in [9.17, 15) is 14.4 Å². The second-order valence-electron chi connectivity index (χ2n) is 5.55. The van der Waals surface area contributed by atoms with Gasteiger partial charge in [0.05, 0.1) is 6.61 Å². The van der Waals surface area contributed by atoms with Crippen molar-refractivity contribution in [2.75, 3.05) is 13.2 Å². The van der Waals surface area contributed by atoms with Gasteiger partial charge in [-0.15, -0.1) is 0 Å². The van der Waals surface area contributed by atoms with Crippen molar-refractivity contribution >= 4 is 17.8 Å². The summed E-state index contributed by atoms with van der Waals surface area (Å²) in [5.74, 6) is -1.12. The van der Waals surface area contributed by atoms with Crippen LogP contribution in [0.5, 0.6) is 0 Å². The normalized spacial score (nSPS) is 11.3. The van der Waals surface area contributed by atoms with Crippen LogP contribution in [0.15, 0.2) is 60.7 Å². The highest BCUT2D eigenvalue weighted by Crippen LogP contribution is 2.03. The van der Waals surface area contributed by atoms with E-state index in [0.717, 1.165) is 0 Å². The number of hydrogen-bond donors (Lipinski definition) is 2.